The summed E-state index contributed by atoms with van der Waals surface area (Å²) < 4.78 is 0. The maximum Gasteiger partial charge on any atom is 0.246 e. The third-order valence-corrected chi connectivity index (χ3v) is 3.97. The normalized spacial score (nSPS) is 29.5. The van der Waals surface area contributed by atoms with Crippen molar-refractivity contribution in [3.05, 3.63) is 23.8 Å². The molecule has 1 aromatic rings. The molecule has 3 N–H and O–H groups in total. The molecule has 0 aromatic heterocycles. The maximum atomic E-state index is 11.8. The van der Waals surface area contributed by atoms with E-state index in [2.05, 4.69) is 15.5 Å². The molecular weight excluding hydrogens is 242 g/mol. The number of aliphatic hydroxyl groups is 1. The first-order valence-electron chi connectivity index (χ1n) is 6.59. The molecule has 0 spiro atoms. The van der Waals surface area contributed by atoms with Gasteiger partial charge in [-0.3, -0.25) is 4.79 Å². The van der Waals surface area contributed by atoms with Crippen LogP contribution < -0.4 is 15.5 Å². The third kappa shape index (κ3) is 2.09. The predicted molar refractivity (Wildman–Crippen MR) is 74.3 cm³/mol. The zero-order valence-corrected chi connectivity index (χ0v) is 11.2. The van der Waals surface area contributed by atoms with E-state index in [9.17, 15) is 9.90 Å². The Hall–Kier alpha value is -1.59. The second-order valence-electron chi connectivity index (χ2n) is 5.65. The van der Waals surface area contributed by atoms with Gasteiger partial charge in [0.15, 0.2) is 0 Å². The fourth-order valence-corrected chi connectivity index (χ4v) is 2.90. The van der Waals surface area contributed by atoms with E-state index in [1.807, 2.05) is 25.1 Å². The number of amides is 1. The molecule has 0 radical (unpaired) electrons. The number of carbonyl (C=O) groups excluding carboxylic acids is 1. The van der Waals surface area contributed by atoms with Crippen molar-refractivity contribution >= 4 is 17.3 Å². The van der Waals surface area contributed by atoms with E-state index in [4.69, 9.17) is 0 Å². The summed E-state index contributed by atoms with van der Waals surface area (Å²) in [6.45, 7) is 3.34. The molecule has 1 saturated heterocycles. The number of benzene rings is 1. The standard InChI is InChI=1S/C14H19N3O2/c1-14(19)5-6-17(8-14)9-3-4-10-11(7-9)16-13(18)12(10)15-2/h3-4,7,12,15,19H,5-6,8H2,1-2H3,(H,16,18). The molecular formula is C14H19N3O2. The van der Waals surface area contributed by atoms with Gasteiger partial charge in [0.2, 0.25) is 5.91 Å². The van der Waals surface area contributed by atoms with Crippen LogP contribution in [0.4, 0.5) is 11.4 Å². The van der Waals surface area contributed by atoms with Crippen LogP contribution in [0.3, 0.4) is 0 Å². The molecule has 2 unspecified atom stereocenters. The van der Waals surface area contributed by atoms with Crippen molar-refractivity contribution < 1.29 is 9.90 Å². The zero-order valence-electron chi connectivity index (χ0n) is 11.2. The van der Waals surface area contributed by atoms with Crippen LogP contribution in [0.15, 0.2) is 18.2 Å². The number of nitrogens with zero attached hydrogens (tertiary/aromatic N) is 1. The van der Waals surface area contributed by atoms with Crippen LogP contribution in [0.5, 0.6) is 0 Å². The number of β-amino-alcohol motifs (C(OH)–C–C–N with tert-alkyl or cyclic N) is 1. The molecule has 2 atom stereocenters. The summed E-state index contributed by atoms with van der Waals surface area (Å²) >= 11 is 0. The van der Waals surface area contributed by atoms with Gasteiger partial charge in [-0.1, -0.05) is 6.07 Å². The summed E-state index contributed by atoms with van der Waals surface area (Å²) in [6, 6.07) is 5.74. The van der Waals surface area contributed by atoms with E-state index in [-0.39, 0.29) is 11.9 Å². The highest BCUT2D eigenvalue weighted by atomic mass is 16.3. The van der Waals surface area contributed by atoms with Crippen LogP contribution in [0, 0.1) is 0 Å². The lowest BCUT2D eigenvalue weighted by Gasteiger charge is -2.21. The quantitative estimate of drug-likeness (QED) is 0.739. The Labute approximate surface area is 112 Å². The van der Waals surface area contributed by atoms with Gasteiger partial charge in [0.05, 0.1) is 5.60 Å². The van der Waals surface area contributed by atoms with Gasteiger partial charge in [-0.25, -0.2) is 0 Å². The maximum absolute atomic E-state index is 11.8. The topological polar surface area (TPSA) is 64.6 Å². The average Bonchev–Trinajstić information content (AvgIpc) is 2.87. The summed E-state index contributed by atoms with van der Waals surface area (Å²) in [5, 5.41) is 15.9. The molecule has 0 bridgehead atoms. The fourth-order valence-electron chi connectivity index (χ4n) is 2.90. The van der Waals surface area contributed by atoms with Gasteiger partial charge < -0.3 is 20.6 Å². The molecule has 2 aliphatic rings. The van der Waals surface area contributed by atoms with Gasteiger partial charge in [-0.05, 0) is 32.5 Å². The van der Waals surface area contributed by atoms with Crippen LogP contribution in [0.2, 0.25) is 0 Å². The summed E-state index contributed by atoms with van der Waals surface area (Å²) in [5.74, 6) is -0.0110. The Morgan fingerprint density at radius 1 is 1.53 bits per heavy atom. The van der Waals surface area contributed by atoms with E-state index in [0.29, 0.717) is 6.54 Å². The Morgan fingerprint density at radius 2 is 2.32 bits per heavy atom. The third-order valence-electron chi connectivity index (χ3n) is 3.97. The molecule has 102 valence electrons. The second kappa shape index (κ2) is 4.21. The SMILES string of the molecule is CNC1C(=O)Nc2cc(N3CCC(C)(O)C3)ccc21. The van der Waals surface area contributed by atoms with Crippen molar-refractivity contribution in [3.63, 3.8) is 0 Å². The summed E-state index contributed by atoms with van der Waals surface area (Å²) in [4.78, 5) is 13.9. The summed E-state index contributed by atoms with van der Waals surface area (Å²) in [6.07, 6.45) is 0.773. The molecule has 1 aromatic carbocycles. The van der Waals surface area contributed by atoms with Crippen LogP contribution in [0.25, 0.3) is 0 Å². The lowest BCUT2D eigenvalue weighted by Crippen LogP contribution is -2.29. The van der Waals surface area contributed by atoms with Gasteiger partial charge in [-0.15, -0.1) is 0 Å². The van der Waals surface area contributed by atoms with Gasteiger partial charge in [0.1, 0.15) is 6.04 Å². The molecule has 1 fully saturated rings. The van der Waals surface area contributed by atoms with Crippen LogP contribution in [-0.4, -0.2) is 36.8 Å². The van der Waals surface area contributed by atoms with Gasteiger partial charge >= 0.3 is 0 Å². The van der Waals surface area contributed by atoms with E-state index in [1.165, 1.54) is 0 Å². The number of likely N-dealkylation sites (N-methyl/N-ethyl adjacent to an activating group) is 1. The van der Waals surface area contributed by atoms with E-state index < -0.39 is 5.60 Å². The highest BCUT2D eigenvalue weighted by Gasteiger charge is 2.33. The van der Waals surface area contributed by atoms with Crippen LogP contribution >= 0.6 is 0 Å². The highest BCUT2D eigenvalue weighted by molar-refractivity contribution is 6.03. The minimum atomic E-state index is -0.615. The number of hydrogen-bond donors (Lipinski definition) is 3. The predicted octanol–water partition coefficient (Wildman–Crippen LogP) is 0.860. The minimum absolute atomic E-state index is 0.0110. The van der Waals surface area contributed by atoms with Crippen LogP contribution in [-0.2, 0) is 4.79 Å². The molecule has 0 saturated carbocycles. The molecule has 5 nitrogen and oxygen atoms in total. The van der Waals surface area contributed by atoms with Gasteiger partial charge in [-0.2, -0.15) is 0 Å². The van der Waals surface area contributed by atoms with Crippen molar-refractivity contribution in [3.8, 4) is 0 Å². The van der Waals surface area contributed by atoms with Gasteiger partial charge in [0, 0.05) is 30.0 Å². The molecule has 2 heterocycles. The number of hydrogen-bond acceptors (Lipinski definition) is 4. The smallest absolute Gasteiger partial charge is 0.246 e. The lowest BCUT2D eigenvalue weighted by molar-refractivity contribution is -0.117. The van der Waals surface area contributed by atoms with Crippen molar-refractivity contribution in [2.75, 3.05) is 30.4 Å². The number of nitrogens with one attached hydrogen (secondary N) is 2. The zero-order chi connectivity index (χ0) is 13.6. The van der Waals surface area contributed by atoms with E-state index >= 15 is 0 Å². The molecule has 3 rings (SSSR count). The molecule has 2 aliphatic heterocycles. The number of carbonyl (C=O) groups is 1. The Kier molecular flexibility index (Phi) is 2.76. The van der Waals surface area contributed by atoms with E-state index in [0.717, 1.165) is 29.9 Å². The van der Waals surface area contributed by atoms with Crippen molar-refractivity contribution in [1.82, 2.24) is 5.32 Å². The number of fused-ring (bicyclic) bond motifs is 1. The van der Waals surface area contributed by atoms with Crippen molar-refractivity contribution in [1.29, 1.82) is 0 Å². The monoisotopic (exact) mass is 261 g/mol. The second-order valence-corrected chi connectivity index (χ2v) is 5.65. The fraction of sp³-hybridized carbons (Fsp3) is 0.500. The average molecular weight is 261 g/mol. The Morgan fingerprint density at radius 3 is 2.95 bits per heavy atom. The first kappa shape index (κ1) is 12.4. The number of rotatable bonds is 2. The first-order valence-corrected chi connectivity index (χ1v) is 6.59. The first-order chi connectivity index (χ1) is 9.00. The van der Waals surface area contributed by atoms with Gasteiger partial charge in [0.25, 0.3) is 0 Å². The van der Waals surface area contributed by atoms with Crippen molar-refractivity contribution in [2.45, 2.75) is 25.0 Å². The molecule has 0 aliphatic carbocycles. The van der Waals surface area contributed by atoms with E-state index in [1.54, 1.807) is 7.05 Å². The molecule has 19 heavy (non-hydrogen) atoms. The highest BCUT2D eigenvalue weighted by Crippen LogP contribution is 2.35. The summed E-state index contributed by atoms with van der Waals surface area (Å²) in [5.41, 5.74) is 2.29. The van der Waals surface area contributed by atoms with Crippen molar-refractivity contribution in [2.24, 2.45) is 0 Å². The molecule has 1 amide bonds. The molecule has 5 heteroatoms. The largest absolute Gasteiger partial charge is 0.388 e. The Balaban J connectivity index is 1.88. The minimum Gasteiger partial charge on any atom is -0.388 e. The Bertz CT molecular complexity index is 527. The summed E-state index contributed by atoms with van der Waals surface area (Å²) in [7, 11) is 1.78. The number of anilines is 2. The van der Waals surface area contributed by atoms with Crippen LogP contribution in [0.1, 0.15) is 24.9 Å². The lowest BCUT2D eigenvalue weighted by atomic mass is 10.1.